The number of halogens is 1. The van der Waals surface area contributed by atoms with Crippen molar-refractivity contribution in [3.05, 3.63) is 29.6 Å². The zero-order chi connectivity index (χ0) is 13.6. The van der Waals surface area contributed by atoms with Gasteiger partial charge in [-0.2, -0.15) is 0 Å². The maximum absolute atomic E-state index is 13.7. The van der Waals surface area contributed by atoms with E-state index < -0.39 is 18.3 Å². The summed E-state index contributed by atoms with van der Waals surface area (Å²) in [5.74, 6) is -0.315. The molecule has 2 rings (SSSR count). The Bertz CT molecular complexity index is 446. The highest BCUT2D eigenvalue weighted by Crippen LogP contribution is 2.36. The van der Waals surface area contributed by atoms with Crippen molar-refractivity contribution >= 4 is 12.6 Å². The number of nitrogens with two attached hydrogens (primary N) is 1. The summed E-state index contributed by atoms with van der Waals surface area (Å²) in [5, 5.41) is 0. The van der Waals surface area contributed by atoms with Gasteiger partial charge in [-0.25, -0.2) is 4.39 Å². The van der Waals surface area contributed by atoms with Gasteiger partial charge in [-0.05, 0) is 39.2 Å². The van der Waals surface area contributed by atoms with Crippen LogP contribution >= 0.6 is 0 Å². The molecular formula is C13H19BFNO2. The molecule has 0 saturated carbocycles. The molecule has 0 atom stereocenters. The van der Waals surface area contributed by atoms with E-state index in [0.717, 1.165) is 0 Å². The summed E-state index contributed by atoms with van der Waals surface area (Å²) in [6.07, 6.45) is 0. The zero-order valence-electron chi connectivity index (χ0n) is 11.3. The summed E-state index contributed by atoms with van der Waals surface area (Å²) in [5.41, 5.74) is 5.87. The van der Waals surface area contributed by atoms with Gasteiger partial charge in [0.2, 0.25) is 0 Å². The smallest absolute Gasteiger partial charge is 0.399 e. The first-order valence-electron chi connectivity index (χ1n) is 6.11. The molecule has 1 saturated heterocycles. The molecule has 0 unspecified atom stereocenters. The van der Waals surface area contributed by atoms with Gasteiger partial charge in [0.1, 0.15) is 5.82 Å². The molecule has 2 N–H and O–H groups in total. The van der Waals surface area contributed by atoms with E-state index in [9.17, 15) is 4.39 Å². The summed E-state index contributed by atoms with van der Waals surface area (Å²) in [6, 6.07) is 4.85. The van der Waals surface area contributed by atoms with Gasteiger partial charge in [0.25, 0.3) is 0 Å². The molecule has 1 aromatic carbocycles. The summed E-state index contributed by atoms with van der Waals surface area (Å²) >= 11 is 0. The van der Waals surface area contributed by atoms with Crippen LogP contribution in [0.25, 0.3) is 0 Å². The summed E-state index contributed by atoms with van der Waals surface area (Å²) in [6.45, 7) is 8.00. The van der Waals surface area contributed by atoms with E-state index in [1.54, 1.807) is 12.1 Å². The first-order chi connectivity index (χ1) is 8.28. The fourth-order valence-corrected chi connectivity index (χ4v) is 1.98. The van der Waals surface area contributed by atoms with E-state index in [2.05, 4.69) is 0 Å². The Morgan fingerprint density at radius 2 is 1.72 bits per heavy atom. The van der Waals surface area contributed by atoms with Crippen molar-refractivity contribution in [2.24, 2.45) is 5.73 Å². The first kappa shape index (κ1) is 13.5. The molecule has 18 heavy (non-hydrogen) atoms. The van der Waals surface area contributed by atoms with Gasteiger partial charge in [0, 0.05) is 12.1 Å². The van der Waals surface area contributed by atoms with Crippen LogP contribution in [0.2, 0.25) is 0 Å². The van der Waals surface area contributed by atoms with Gasteiger partial charge in [0.15, 0.2) is 0 Å². The first-order valence-corrected chi connectivity index (χ1v) is 6.11. The van der Waals surface area contributed by atoms with Crippen molar-refractivity contribution in [3.63, 3.8) is 0 Å². The van der Waals surface area contributed by atoms with Crippen molar-refractivity contribution in [2.75, 3.05) is 0 Å². The normalized spacial score (nSPS) is 21.3. The van der Waals surface area contributed by atoms with Gasteiger partial charge in [-0.3, -0.25) is 0 Å². The Morgan fingerprint density at radius 3 is 2.22 bits per heavy atom. The van der Waals surface area contributed by atoms with E-state index in [1.807, 2.05) is 27.7 Å². The Kier molecular flexibility index (Phi) is 3.26. The second-order valence-corrected chi connectivity index (χ2v) is 5.60. The lowest BCUT2D eigenvalue weighted by atomic mass is 9.76. The van der Waals surface area contributed by atoms with E-state index in [0.29, 0.717) is 11.0 Å². The summed E-state index contributed by atoms with van der Waals surface area (Å²) in [4.78, 5) is 0. The molecule has 1 heterocycles. The van der Waals surface area contributed by atoms with Crippen molar-refractivity contribution in [2.45, 2.75) is 45.4 Å². The minimum absolute atomic E-state index is 0.131. The van der Waals surface area contributed by atoms with E-state index >= 15 is 0 Å². The highest BCUT2D eigenvalue weighted by Gasteiger charge is 2.52. The van der Waals surface area contributed by atoms with Crippen LogP contribution < -0.4 is 11.2 Å². The molecule has 0 aromatic heterocycles. The van der Waals surface area contributed by atoms with Crippen LogP contribution in [0.15, 0.2) is 18.2 Å². The Labute approximate surface area is 108 Å². The Morgan fingerprint density at radius 1 is 1.17 bits per heavy atom. The Balaban J connectivity index is 2.38. The lowest BCUT2D eigenvalue weighted by Crippen LogP contribution is -2.41. The van der Waals surface area contributed by atoms with Crippen molar-refractivity contribution in [1.82, 2.24) is 0 Å². The van der Waals surface area contributed by atoms with Crippen LogP contribution in [0.4, 0.5) is 4.39 Å². The second-order valence-electron chi connectivity index (χ2n) is 5.60. The minimum atomic E-state index is -0.566. The van der Waals surface area contributed by atoms with E-state index in [-0.39, 0.29) is 12.4 Å². The monoisotopic (exact) mass is 251 g/mol. The SMILES string of the molecule is CC1(C)OB(c2cccc(F)c2CN)OC1(C)C. The molecular weight excluding hydrogens is 232 g/mol. The average molecular weight is 251 g/mol. The molecule has 0 radical (unpaired) electrons. The third-order valence-corrected chi connectivity index (χ3v) is 3.87. The van der Waals surface area contributed by atoms with Crippen molar-refractivity contribution in [3.8, 4) is 0 Å². The van der Waals surface area contributed by atoms with Crippen LogP contribution in [-0.4, -0.2) is 18.3 Å². The molecule has 0 amide bonds. The molecule has 98 valence electrons. The van der Waals surface area contributed by atoms with Gasteiger partial charge >= 0.3 is 7.12 Å². The van der Waals surface area contributed by atoms with Crippen LogP contribution in [0.3, 0.4) is 0 Å². The van der Waals surface area contributed by atoms with E-state index in [1.165, 1.54) is 6.07 Å². The standard InChI is InChI=1S/C13H19BFNO2/c1-12(2)13(3,4)18-14(17-12)10-6-5-7-11(15)9(10)8-16/h5-7H,8,16H2,1-4H3. The average Bonchev–Trinajstić information content (AvgIpc) is 2.47. The number of benzene rings is 1. The lowest BCUT2D eigenvalue weighted by molar-refractivity contribution is 0.00578. The van der Waals surface area contributed by atoms with Crippen LogP contribution in [-0.2, 0) is 15.9 Å². The predicted molar refractivity (Wildman–Crippen MR) is 70.0 cm³/mol. The van der Waals surface area contributed by atoms with Crippen LogP contribution in [0.5, 0.6) is 0 Å². The van der Waals surface area contributed by atoms with Crippen LogP contribution in [0.1, 0.15) is 33.3 Å². The van der Waals surface area contributed by atoms with Crippen molar-refractivity contribution in [1.29, 1.82) is 0 Å². The fraction of sp³-hybridized carbons (Fsp3) is 0.538. The number of hydrogen-bond donors (Lipinski definition) is 1. The second kappa shape index (κ2) is 4.33. The lowest BCUT2D eigenvalue weighted by Gasteiger charge is -2.32. The topological polar surface area (TPSA) is 44.5 Å². The summed E-state index contributed by atoms with van der Waals surface area (Å²) < 4.78 is 25.5. The number of hydrogen-bond acceptors (Lipinski definition) is 3. The van der Waals surface area contributed by atoms with Gasteiger partial charge < -0.3 is 15.0 Å². The highest BCUT2D eigenvalue weighted by molar-refractivity contribution is 6.62. The van der Waals surface area contributed by atoms with Gasteiger partial charge in [-0.1, -0.05) is 12.1 Å². The van der Waals surface area contributed by atoms with Gasteiger partial charge in [0.05, 0.1) is 11.2 Å². The highest BCUT2D eigenvalue weighted by atomic mass is 19.1. The molecule has 5 heteroatoms. The molecule has 0 aliphatic carbocycles. The molecule has 1 aromatic rings. The van der Waals surface area contributed by atoms with Crippen LogP contribution in [0, 0.1) is 5.82 Å². The molecule has 1 fully saturated rings. The molecule has 3 nitrogen and oxygen atoms in total. The van der Waals surface area contributed by atoms with Crippen molar-refractivity contribution < 1.29 is 13.7 Å². The maximum atomic E-state index is 13.7. The fourth-order valence-electron chi connectivity index (χ4n) is 1.98. The largest absolute Gasteiger partial charge is 0.495 e. The zero-order valence-corrected chi connectivity index (χ0v) is 11.3. The minimum Gasteiger partial charge on any atom is -0.399 e. The predicted octanol–water partition coefficient (Wildman–Crippen LogP) is 1.58. The molecule has 1 aliphatic heterocycles. The molecule has 1 aliphatic rings. The Hall–Kier alpha value is -0.905. The summed E-state index contributed by atoms with van der Waals surface area (Å²) in [7, 11) is -0.566. The molecule has 0 bridgehead atoms. The van der Waals surface area contributed by atoms with Gasteiger partial charge in [-0.15, -0.1) is 0 Å². The number of rotatable bonds is 2. The third-order valence-electron chi connectivity index (χ3n) is 3.87. The third kappa shape index (κ3) is 2.07. The molecule has 0 spiro atoms. The quantitative estimate of drug-likeness (QED) is 0.811. The maximum Gasteiger partial charge on any atom is 0.495 e. The van der Waals surface area contributed by atoms with E-state index in [4.69, 9.17) is 15.0 Å².